The molecule has 0 bridgehead atoms. The lowest BCUT2D eigenvalue weighted by atomic mass is 10.0. The zero-order valence-electron chi connectivity index (χ0n) is 15.6. The molecule has 0 unspecified atom stereocenters. The van der Waals surface area contributed by atoms with E-state index in [0.29, 0.717) is 5.69 Å². The second-order valence-corrected chi connectivity index (χ2v) is 6.88. The van der Waals surface area contributed by atoms with Gasteiger partial charge in [-0.2, -0.15) is 0 Å². The van der Waals surface area contributed by atoms with Crippen molar-refractivity contribution in [3.63, 3.8) is 0 Å². The fourth-order valence-electron chi connectivity index (χ4n) is 3.39. The minimum atomic E-state index is -0.0380. The summed E-state index contributed by atoms with van der Waals surface area (Å²) in [6.45, 7) is 4.95. The number of fused-ring (bicyclic) bond motifs is 1. The maximum Gasteiger partial charge on any atom is 0.275 e. The van der Waals surface area contributed by atoms with Crippen molar-refractivity contribution in [1.82, 2.24) is 20.0 Å². The highest BCUT2D eigenvalue weighted by Gasteiger charge is 2.27. The third kappa shape index (κ3) is 3.44. The van der Waals surface area contributed by atoms with Crippen LogP contribution in [0.5, 0.6) is 0 Å². The van der Waals surface area contributed by atoms with Crippen molar-refractivity contribution in [1.29, 1.82) is 0 Å². The van der Waals surface area contributed by atoms with Crippen LogP contribution in [0.15, 0.2) is 24.3 Å². The van der Waals surface area contributed by atoms with Gasteiger partial charge in [-0.1, -0.05) is 24.3 Å². The summed E-state index contributed by atoms with van der Waals surface area (Å²) in [5.74, 6) is 0.778. The van der Waals surface area contributed by atoms with E-state index in [2.05, 4.69) is 29.1 Å². The molecule has 134 valence electrons. The largest absolute Gasteiger partial charge is 0.358 e. The molecule has 1 fully saturated rings. The van der Waals surface area contributed by atoms with Crippen molar-refractivity contribution < 1.29 is 4.79 Å². The number of anilines is 1. The number of nitrogens with zero attached hydrogens (tertiary/aromatic N) is 5. The van der Waals surface area contributed by atoms with Gasteiger partial charge in [-0.15, -0.1) is 10.2 Å². The van der Waals surface area contributed by atoms with Crippen LogP contribution in [0.1, 0.15) is 30.3 Å². The topological polar surface area (TPSA) is 52.6 Å². The van der Waals surface area contributed by atoms with Crippen LogP contribution in [0, 0.1) is 0 Å². The minimum absolute atomic E-state index is 0.0380. The lowest BCUT2D eigenvalue weighted by Crippen LogP contribution is -2.44. The molecule has 1 amide bonds. The number of aromatic nitrogens is 2. The van der Waals surface area contributed by atoms with Gasteiger partial charge in [0, 0.05) is 37.5 Å². The van der Waals surface area contributed by atoms with Gasteiger partial charge in [0.15, 0.2) is 11.5 Å². The third-order valence-corrected chi connectivity index (χ3v) is 5.26. The normalized spacial score (nSPS) is 16.2. The van der Waals surface area contributed by atoms with E-state index in [9.17, 15) is 4.79 Å². The first-order valence-electron chi connectivity index (χ1n) is 8.95. The van der Waals surface area contributed by atoms with Gasteiger partial charge < -0.3 is 14.7 Å². The maximum absolute atomic E-state index is 13.1. The predicted octanol–water partition coefficient (Wildman–Crippen LogP) is 2.25. The lowest BCUT2D eigenvalue weighted by molar-refractivity contribution is 0.0655. The molecular weight excluding hydrogens is 314 g/mol. The molecule has 2 heterocycles. The number of carbonyl (C=O) groups is 1. The van der Waals surface area contributed by atoms with Crippen molar-refractivity contribution in [2.24, 2.45) is 0 Å². The molecule has 1 aliphatic rings. The predicted molar refractivity (Wildman–Crippen MR) is 101 cm³/mol. The van der Waals surface area contributed by atoms with E-state index in [1.807, 2.05) is 48.2 Å². The van der Waals surface area contributed by atoms with Crippen molar-refractivity contribution in [3.05, 3.63) is 30.0 Å². The molecule has 0 radical (unpaired) electrons. The van der Waals surface area contributed by atoms with Crippen molar-refractivity contribution in [2.45, 2.75) is 25.8 Å². The Balaban J connectivity index is 1.94. The van der Waals surface area contributed by atoms with Crippen LogP contribution < -0.4 is 4.90 Å². The van der Waals surface area contributed by atoms with E-state index >= 15 is 0 Å². The summed E-state index contributed by atoms with van der Waals surface area (Å²) in [6, 6.07) is 8.17. The summed E-state index contributed by atoms with van der Waals surface area (Å²) < 4.78 is 0. The molecule has 25 heavy (non-hydrogen) atoms. The van der Waals surface area contributed by atoms with Gasteiger partial charge in [0.2, 0.25) is 0 Å². The van der Waals surface area contributed by atoms with Gasteiger partial charge in [0.1, 0.15) is 0 Å². The Labute approximate surface area is 149 Å². The molecule has 0 spiro atoms. The number of hydrogen-bond donors (Lipinski definition) is 0. The Kier molecular flexibility index (Phi) is 5.18. The summed E-state index contributed by atoms with van der Waals surface area (Å²) in [5.41, 5.74) is 0.449. The zero-order valence-corrected chi connectivity index (χ0v) is 15.6. The Hall–Kier alpha value is -2.21. The number of amides is 1. The fraction of sp³-hybridized carbons (Fsp3) is 0.526. The third-order valence-electron chi connectivity index (χ3n) is 5.26. The lowest BCUT2D eigenvalue weighted by Gasteiger charge is -2.35. The van der Waals surface area contributed by atoms with Gasteiger partial charge in [0.05, 0.1) is 0 Å². The molecule has 1 aromatic carbocycles. The number of likely N-dealkylation sites (tertiary alicyclic amines) is 1. The number of benzene rings is 1. The second-order valence-electron chi connectivity index (χ2n) is 6.88. The van der Waals surface area contributed by atoms with E-state index < -0.39 is 0 Å². The molecule has 1 aliphatic heterocycles. The van der Waals surface area contributed by atoms with Crippen molar-refractivity contribution in [2.75, 3.05) is 45.7 Å². The van der Waals surface area contributed by atoms with Gasteiger partial charge in [-0.05, 0) is 39.9 Å². The van der Waals surface area contributed by atoms with E-state index in [1.54, 1.807) is 0 Å². The molecule has 0 N–H and O–H groups in total. The van der Waals surface area contributed by atoms with Crippen LogP contribution in [0.4, 0.5) is 5.82 Å². The van der Waals surface area contributed by atoms with Crippen LogP contribution in [-0.2, 0) is 0 Å². The maximum atomic E-state index is 13.1. The number of piperidine rings is 1. The minimum Gasteiger partial charge on any atom is -0.358 e. The summed E-state index contributed by atoms with van der Waals surface area (Å²) >= 11 is 0. The van der Waals surface area contributed by atoms with Gasteiger partial charge in [-0.3, -0.25) is 4.79 Å². The Morgan fingerprint density at radius 3 is 2.44 bits per heavy atom. The second kappa shape index (κ2) is 7.35. The molecule has 6 heteroatoms. The van der Waals surface area contributed by atoms with Crippen LogP contribution >= 0.6 is 0 Å². The highest BCUT2D eigenvalue weighted by atomic mass is 16.2. The summed E-state index contributed by atoms with van der Waals surface area (Å²) in [6.07, 6.45) is 2.00. The average molecular weight is 341 g/mol. The smallest absolute Gasteiger partial charge is 0.275 e. The first-order chi connectivity index (χ1) is 12.0. The van der Waals surface area contributed by atoms with Crippen LogP contribution in [0.2, 0.25) is 0 Å². The molecule has 6 nitrogen and oxygen atoms in total. The van der Waals surface area contributed by atoms with E-state index in [0.717, 1.165) is 49.1 Å². The number of rotatable bonds is 4. The van der Waals surface area contributed by atoms with Crippen LogP contribution in [0.3, 0.4) is 0 Å². The number of hydrogen-bond acceptors (Lipinski definition) is 5. The van der Waals surface area contributed by atoms with Crippen molar-refractivity contribution in [3.8, 4) is 0 Å². The zero-order chi connectivity index (χ0) is 18.0. The summed E-state index contributed by atoms with van der Waals surface area (Å²) in [7, 11) is 6.00. The van der Waals surface area contributed by atoms with Crippen molar-refractivity contribution >= 4 is 22.5 Å². The SMILES string of the molecule is CCN(C)c1nnc(C(=O)N(C)C2CCN(C)CC2)c2ccccc12. The number of carbonyl (C=O) groups excluding carboxylic acids is 1. The molecular formula is C19H27N5O. The molecule has 1 saturated heterocycles. The average Bonchev–Trinajstić information content (AvgIpc) is 2.66. The molecule has 2 aromatic rings. The van der Waals surface area contributed by atoms with Crippen LogP contribution in [-0.4, -0.2) is 72.7 Å². The summed E-state index contributed by atoms with van der Waals surface area (Å²) in [5, 5.41) is 10.5. The highest BCUT2D eigenvalue weighted by Crippen LogP contribution is 2.26. The first kappa shape index (κ1) is 17.6. The Morgan fingerprint density at radius 1 is 1.16 bits per heavy atom. The standard InChI is InChI=1S/C19H27N5O/c1-5-23(3)18-16-9-7-6-8-15(16)17(20-21-18)19(25)24(4)14-10-12-22(2)13-11-14/h6-9,14H,5,10-13H2,1-4H3. The molecule has 0 aliphatic carbocycles. The Bertz CT molecular complexity index is 755. The summed E-state index contributed by atoms with van der Waals surface area (Å²) in [4.78, 5) is 19.3. The molecule has 0 atom stereocenters. The van der Waals surface area contributed by atoms with Gasteiger partial charge in [0.25, 0.3) is 5.91 Å². The fourth-order valence-corrected chi connectivity index (χ4v) is 3.39. The molecule has 1 aromatic heterocycles. The first-order valence-corrected chi connectivity index (χ1v) is 8.95. The monoisotopic (exact) mass is 341 g/mol. The Morgan fingerprint density at radius 2 is 1.80 bits per heavy atom. The molecule has 3 rings (SSSR count). The van der Waals surface area contributed by atoms with Gasteiger partial charge >= 0.3 is 0 Å². The highest BCUT2D eigenvalue weighted by molar-refractivity contribution is 6.07. The van der Waals surface area contributed by atoms with E-state index in [4.69, 9.17) is 0 Å². The van der Waals surface area contributed by atoms with Gasteiger partial charge in [-0.25, -0.2) is 0 Å². The molecule has 0 saturated carbocycles. The van der Waals surface area contributed by atoms with E-state index in [1.165, 1.54) is 0 Å². The van der Waals surface area contributed by atoms with Crippen LogP contribution in [0.25, 0.3) is 10.8 Å². The quantitative estimate of drug-likeness (QED) is 0.854. The van der Waals surface area contributed by atoms with E-state index in [-0.39, 0.29) is 11.9 Å².